The van der Waals surface area contributed by atoms with Crippen molar-refractivity contribution in [2.75, 3.05) is 19.1 Å². The summed E-state index contributed by atoms with van der Waals surface area (Å²) in [7, 11) is 2.63. The lowest BCUT2D eigenvalue weighted by Crippen LogP contribution is -2.43. The highest BCUT2D eigenvalue weighted by Gasteiger charge is 2.28. The average Bonchev–Trinajstić information content (AvgIpc) is 2.81. The molecule has 0 unspecified atom stereocenters. The molecule has 2 aromatic heterocycles. The molecule has 7 nitrogen and oxygen atoms in total. The highest BCUT2D eigenvalue weighted by Crippen LogP contribution is 2.32. The maximum atomic E-state index is 12.0. The molecule has 0 saturated carbocycles. The van der Waals surface area contributed by atoms with Gasteiger partial charge in [0.25, 0.3) is 0 Å². The molecule has 100 valence electrons. The summed E-state index contributed by atoms with van der Waals surface area (Å²) in [5.41, 5.74) is 0.295. The number of thiophene rings is 1. The number of carboxylic acid groups (broad SMARTS) is 1. The first-order valence-electron chi connectivity index (χ1n) is 5.22. The molecule has 2 rings (SSSR count). The maximum Gasteiger partial charge on any atom is 0.420 e. The standard InChI is InChI=1S/C11H11N3O4S/c1-13(18-2)10(15)14(11(16)17)8-6-19-9-5-12-4-3-7(8)9/h3-6H,1-2H3,(H,16,17). The summed E-state index contributed by atoms with van der Waals surface area (Å²) in [6.45, 7) is 0. The third kappa shape index (κ3) is 2.35. The van der Waals surface area contributed by atoms with Crippen molar-refractivity contribution in [3.8, 4) is 0 Å². The number of aromatic nitrogens is 1. The summed E-state index contributed by atoms with van der Waals surface area (Å²) in [5, 5.41) is 12.3. The Labute approximate surface area is 112 Å². The van der Waals surface area contributed by atoms with E-state index in [1.54, 1.807) is 23.8 Å². The van der Waals surface area contributed by atoms with Crippen LogP contribution in [-0.2, 0) is 4.84 Å². The average molecular weight is 281 g/mol. The summed E-state index contributed by atoms with van der Waals surface area (Å²) >= 11 is 1.32. The predicted octanol–water partition coefficient (Wildman–Crippen LogP) is 2.39. The van der Waals surface area contributed by atoms with Crippen LogP contribution >= 0.6 is 11.3 Å². The molecular formula is C11H11N3O4S. The smallest absolute Gasteiger partial charge is 0.420 e. The number of hydrogen-bond donors (Lipinski definition) is 1. The van der Waals surface area contributed by atoms with E-state index in [1.165, 1.54) is 25.5 Å². The minimum Gasteiger partial charge on any atom is -0.464 e. The molecule has 0 saturated heterocycles. The van der Waals surface area contributed by atoms with Crippen LogP contribution in [0.4, 0.5) is 15.3 Å². The molecule has 0 fully saturated rings. The molecule has 0 aromatic carbocycles. The Bertz CT molecular complexity index is 627. The Morgan fingerprint density at radius 2 is 2.21 bits per heavy atom. The van der Waals surface area contributed by atoms with Crippen molar-refractivity contribution >= 4 is 39.2 Å². The van der Waals surface area contributed by atoms with E-state index in [9.17, 15) is 14.7 Å². The second-order valence-electron chi connectivity index (χ2n) is 3.57. The third-order valence-corrected chi connectivity index (χ3v) is 3.45. The molecule has 2 aromatic rings. The zero-order chi connectivity index (χ0) is 14.0. The lowest BCUT2D eigenvalue weighted by Gasteiger charge is -2.22. The number of carbonyl (C=O) groups excluding carboxylic acids is 1. The second-order valence-corrected chi connectivity index (χ2v) is 4.48. The van der Waals surface area contributed by atoms with Crippen LogP contribution in [0.5, 0.6) is 0 Å². The van der Waals surface area contributed by atoms with Crippen molar-refractivity contribution < 1.29 is 19.5 Å². The monoisotopic (exact) mass is 281 g/mol. The Morgan fingerprint density at radius 3 is 2.84 bits per heavy atom. The molecule has 1 N–H and O–H groups in total. The van der Waals surface area contributed by atoms with Crippen molar-refractivity contribution in [1.82, 2.24) is 10.0 Å². The molecule has 0 atom stereocenters. The molecule has 19 heavy (non-hydrogen) atoms. The molecule has 0 radical (unpaired) electrons. The first-order chi connectivity index (χ1) is 9.06. The number of fused-ring (bicyclic) bond motifs is 1. The van der Waals surface area contributed by atoms with Gasteiger partial charge < -0.3 is 5.11 Å². The van der Waals surface area contributed by atoms with Gasteiger partial charge in [-0.3, -0.25) is 9.82 Å². The summed E-state index contributed by atoms with van der Waals surface area (Å²) in [6, 6.07) is 0.878. The summed E-state index contributed by atoms with van der Waals surface area (Å²) in [5.74, 6) is 0. The minimum absolute atomic E-state index is 0.295. The van der Waals surface area contributed by atoms with E-state index < -0.39 is 12.1 Å². The number of hydrogen-bond acceptors (Lipinski definition) is 5. The number of pyridine rings is 1. The molecular weight excluding hydrogens is 270 g/mol. The largest absolute Gasteiger partial charge is 0.464 e. The number of nitrogens with zero attached hydrogens (tertiary/aromatic N) is 3. The van der Waals surface area contributed by atoms with Gasteiger partial charge in [-0.1, -0.05) is 0 Å². The SMILES string of the molecule is CON(C)C(=O)N(C(=O)O)c1csc2cnccc12. The van der Waals surface area contributed by atoms with Gasteiger partial charge in [-0.05, 0) is 6.07 Å². The van der Waals surface area contributed by atoms with Crippen LogP contribution in [0.25, 0.3) is 10.1 Å². The first-order valence-corrected chi connectivity index (χ1v) is 6.10. The van der Waals surface area contributed by atoms with Gasteiger partial charge in [0.1, 0.15) is 0 Å². The van der Waals surface area contributed by atoms with Gasteiger partial charge in [0.05, 0.1) is 17.5 Å². The van der Waals surface area contributed by atoms with Crippen LogP contribution in [-0.4, -0.2) is 41.4 Å². The molecule has 3 amide bonds. The Hall–Kier alpha value is -2.19. The normalized spacial score (nSPS) is 10.4. The Balaban J connectivity index is 2.51. The van der Waals surface area contributed by atoms with Gasteiger partial charge in [-0.2, -0.15) is 4.90 Å². The third-order valence-electron chi connectivity index (χ3n) is 2.52. The van der Waals surface area contributed by atoms with E-state index in [-0.39, 0.29) is 0 Å². The van der Waals surface area contributed by atoms with Crippen LogP contribution < -0.4 is 4.90 Å². The second kappa shape index (κ2) is 5.21. The lowest BCUT2D eigenvalue weighted by atomic mass is 10.3. The van der Waals surface area contributed by atoms with E-state index in [0.717, 1.165) is 9.76 Å². The number of imide groups is 1. The van der Waals surface area contributed by atoms with Crippen LogP contribution in [0.15, 0.2) is 23.8 Å². The van der Waals surface area contributed by atoms with Gasteiger partial charge in [-0.15, -0.1) is 11.3 Å². The van der Waals surface area contributed by atoms with Crippen LogP contribution in [0.1, 0.15) is 0 Å². The molecule has 8 heteroatoms. The van der Waals surface area contributed by atoms with E-state index in [1.807, 2.05) is 0 Å². The fourth-order valence-corrected chi connectivity index (χ4v) is 2.44. The Morgan fingerprint density at radius 1 is 1.47 bits per heavy atom. The molecule has 2 heterocycles. The van der Waals surface area contributed by atoms with Crippen LogP contribution in [0.3, 0.4) is 0 Å². The van der Waals surface area contributed by atoms with E-state index in [0.29, 0.717) is 16.0 Å². The Kier molecular flexibility index (Phi) is 3.63. The number of urea groups is 1. The summed E-state index contributed by atoms with van der Waals surface area (Å²) in [4.78, 5) is 32.6. The molecule has 0 spiro atoms. The van der Waals surface area contributed by atoms with E-state index in [2.05, 4.69) is 4.98 Å². The highest BCUT2D eigenvalue weighted by molar-refractivity contribution is 7.17. The molecule has 0 bridgehead atoms. The number of carbonyl (C=O) groups is 2. The van der Waals surface area contributed by atoms with Crippen molar-refractivity contribution in [2.45, 2.75) is 0 Å². The number of hydroxylamine groups is 2. The quantitative estimate of drug-likeness (QED) is 0.854. The molecule has 0 aliphatic carbocycles. The fourth-order valence-electron chi connectivity index (χ4n) is 1.55. The lowest BCUT2D eigenvalue weighted by molar-refractivity contribution is -0.0618. The summed E-state index contributed by atoms with van der Waals surface area (Å²) < 4.78 is 0.802. The maximum absolute atomic E-state index is 12.0. The van der Waals surface area contributed by atoms with Gasteiger partial charge in [0.2, 0.25) is 0 Å². The number of amides is 3. The van der Waals surface area contributed by atoms with Crippen LogP contribution in [0, 0.1) is 0 Å². The molecule has 0 aliphatic heterocycles. The van der Waals surface area contributed by atoms with Crippen molar-refractivity contribution in [2.24, 2.45) is 0 Å². The zero-order valence-corrected chi connectivity index (χ0v) is 11.0. The van der Waals surface area contributed by atoms with E-state index >= 15 is 0 Å². The number of anilines is 1. The van der Waals surface area contributed by atoms with E-state index in [4.69, 9.17) is 4.84 Å². The van der Waals surface area contributed by atoms with Crippen molar-refractivity contribution in [3.05, 3.63) is 23.8 Å². The highest BCUT2D eigenvalue weighted by atomic mass is 32.1. The van der Waals surface area contributed by atoms with Gasteiger partial charge in [0, 0.05) is 30.2 Å². The number of rotatable bonds is 2. The van der Waals surface area contributed by atoms with Gasteiger partial charge >= 0.3 is 12.1 Å². The topological polar surface area (TPSA) is 83.0 Å². The first kappa shape index (κ1) is 13.2. The minimum atomic E-state index is -1.37. The fraction of sp³-hybridized carbons (Fsp3) is 0.182. The van der Waals surface area contributed by atoms with Crippen LogP contribution in [0.2, 0.25) is 0 Å². The van der Waals surface area contributed by atoms with Gasteiger partial charge in [0.15, 0.2) is 0 Å². The zero-order valence-electron chi connectivity index (χ0n) is 10.2. The molecule has 0 aliphatic rings. The summed E-state index contributed by atoms with van der Waals surface area (Å²) in [6.07, 6.45) is 1.79. The van der Waals surface area contributed by atoms with Gasteiger partial charge in [-0.25, -0.2) is 14.7 Å². The van der Waals surface area contributed by atoms with Crippen molar-refractivity contribution in [1.29, 1.82) is 0 Å². The predicted molar refractivity (Wildman–Crippen MR) is 70.3 cm³/mol. The van der Waals surface area contributed by atoms with Crippen molar-refractivity contribution in [3.63, 3.8) is 0 Å².